The average molecular weight is 266 g/mol. The van der Waals surface area contributed by atoms with Gasteiger partial charge in [0.05, 0.1) is 16.9 Å². The van der Waals surface area contributed by atoms with Crippen LogP contribution in [0, 0.1) is 0 Å². The number of rotatable bonds is 4. The fourth-order valence-corrected chi connectivity index (χ4v) is 3.37. The van der Waals surface area contributed by atoms with Crippen molar-refractivity contribution in [2.24, 2.45) is 0 Å². The van der Waals surface area contributed by atoms with E-state index in [0.29, 0.717) is 16.6 Å². The van der Waals surface area contributed by atoms with Crippen LogP contribution in [-0.4, -0.2) is 28.6 Å². The molecule has 1 saturated heterocycles. The molecule has 1 aliphatic heterocycles. The fourth-order valence-electron chi connectivity index (χ4n) is 2.13. The molecule has 1 fully saturated rings. The molecule has 0 spiro atoms. The number of aromatic carboxylic acids is 1. The fraction of sp³-hybridized carbons (Fsp3) is 0.462. The van der Waals surface area contributed by atoms with Crippen molar-refractivity contribution in [2.75, 3.05) is 23.3 Å². The van der Waals surface area contributed by atoms with E-state index in [1.807, 2.05) is 11.8 Å². The van der Waals surface area contributed by atoms with Crippen LogP contribution in [0.1, 0.15) is 29.6 Å². The van der Waals surface area contributed by atoms with Gasteiger partial charge in [0.1, 0.15) is 0 Å². The third-order valence-corrected chi connectivity index (χ3v) is 4.51. The van der Waals surface area contributed by atoms with Crippen LogP contribution in [0.5, 0.6) is 0 Å². The Bertz CT molecular complexity index is 431. The summed E-state index contributed by atoms with van der Waals surface area (Å²) in [6.07, 6.45) is 3.73. The van der Waals surface area contributed by atoms with Gasteiger partial charge in [-0.15, -0.1) is 0 Å². The first-order chi connectivity index (χ1) is 8.68. The minimum absolute atomic E-state index is 0.246. The zero-order valence-electron chi connectivity index (χ0n) is 10.2. The minimum Gasteiger partial charge on any atom is -0.478 e. The molecule has 0 radical (unpaired) electrons. The Morgan fingerprint density at radius 2 is 2.33 bits per heavy atom. The summed E-state index contributed by atoms with van der Waals surface area (Å²) < 4.78 is 0. The van der Waals surface area contributed by atoms with E-state index in [1.54, 1.807) is 18.2 Å². The van der Waals surface area contributed by atoms with Crippen molar-refractivity contribution in [3.63, 3.8) is 0 Å². The molecule has 4 nitrogen and oxygen atoms in total. The van der Waals surface area contributed by atoms with Crippen molar-refractivity contribution in [3.8, 4) is 0 Å². The second kappa shape index (κ2) is 6.00. The van der Waals surface area contributed by atoms with Crippen LogP contribution >= 0.6 is 11.8 Å². The highest BCUT2D eigenvalue weighted by Crippen LogP contribution is 2.28. The van der Waals surface area contributed by atoms with E-state index >= 15 is 0 Å². The number of nitrogens with two attached hydrogens (primary N) is 1. The SMILES string of the molecule is Nc1cccc(C(=O)O)c1NCC1CCCCS1. The molecule has 0 saturated carbocycles. The number of nitrogens with one attached hydrogen (secondary N) is 1. The van der Waals surface area contributed by atoms with Crippen LogP contribution in [0.25, 0.3) is 0 Å². The number of hydrogen-bond donors (Lipinski definition) is 3. The molecular formula is C13H18N2O2S. The maximum Gasteiger partial charge on any atom is 0.337 e. The second-order valence-electron chi connectivity index (χ2n) is 4.44. The van der Waals surface area contributed by atoms with Gasteiger partial charge in [-0.2, -0.15) is 11.8 Å². The molecule has 0 aliphatic carbocycles. The van der Waals surface area contributed by atoms with Gasteiger partial charge in [-0.1, -0.05) is 12.5 Å². The number of para-hydroxylation sites is 1. The van der Waals surface area contributed by atoms with Gasteiger partial charge in [-0.3, -0.25) is 0 Å². The predicted molar refractivity (Wildman–Crippen MR) is 76.4 cm³/mol. The largest absolute Gasteiger partial charge is 0.478 e. The molecule has 98 valence electrons. The van der Waals surface area contributed by atoms with Crippen molar-refractivity contribution in [1.82, 2.24) is 0 Å². The van der Waals surface area contributed by atoms with Crippen LogP contribution in [0.3, 0.4) is 0 Å². The van der Waals surface area contributed by atoms with Gasteiger partial charge in [-0.05, 0) is 30.7 Å². The van der Waals surface area contributed by atoms with Gasteiger partial charge >= 0.3 is 5.97 Å². The van der Waals surface area contributed by atoms with Crippen molar-refractivity contribution in [2.45, 2.75) is 24.5 Å². The van der Waals surface area contributed by atoms with Crippen LogP contribution in [0.4, 0.5) is 11.4 Å². The van der Waals surface area contributed by atoms with Crippen LogP contribution in [0.2, 0.25) is 0 Å². The molecule has 18 heavy (non-hydrogen) atoms. The van der Waals surface area contributed by atoms with Crippen molar-refractivity contribution >= 4 is 29.1 Å². The smallest absolute Gasteiger partial charge is 0.337 e. The lowest BCUT2D eigenvalue weighted by Crippen LogP contribution is -2.21. The highest BCUT2D eigenvalue weighted by molar-refractivity contribution is 7.99. The van der Waals surface area contributed by atoms with Crippen LogP contribution in [0.15, 0.2) is 18.2 Å². The van der Waals surface area contributed by atoms with Gasteiger partial charge in [0, 0.05) is 11.8 Å². The third kappa shape index (κ3) is 3.10. The number of anilines is 2. The van der Waals surface area contributed by atoms with Gasteiger partial charge in [0.25, 0.3) is 0 Å². The Kier molecular flexibility index (Phi) is 4.36. The van der Waals surface area contributed by atoms with Crippen molar-refractivity contribution in [1.29, 1.82) is 0 Å². The van der Waals surface area contributed by atoms with Gasteiger partial charge < -0.3 is 16.2 Å². The number of carboxylic acid groups (broad SMARTS) is 1. The highest BCUT2D eigenvalue weighted by Gasteiger charge is 2.16. The molecule has 2 rings (SSSR count). The summed E-state index contributed by atoms with van der Waals surface area (Å²) in [6.45, 7) is 0.777. The van der Waals surface area contributed by atoms with Crippen molar-refractivity contribution < 1.29 is 9.90 Å². The number of nitrogen functional groups attached to an aromatic ring is 1. The Morgan fingerprint density at radius 1 is 1.50 bits per heavy atom. The van der Waals surface area contributed by atoms with Gasteiger partial charge in [0.15, 0.2) is 0 Å². The number of benzene rings is 1. The molecule has 1 unspecified atom stereocenters. The monoisotopic (exact) mass is 266 g/mol. The molecule has 0 amide bonds. The third-order valence-electron chi connectivity index (χ3n) is 3.11. The summed E-state index contributed by atoms with van der Waals surface area (Å²) in [4.78, 5) is 11.1. The average Bonchev–Trinajstić information content (AvgIpc) is 2.38. The van der Waals surface area contributed by atoms with E-state index in [2.05, 4.69) is 5.32 Å². The molecule has 5 heteroatoms. The molecule has 4 N–H and O–H groups in total. The Balaban J connectivity index is 2.05. The minimum atomic E-state index is -0.943. The predicted octanol–water partition coefficient (Wildman–Crippen LogP) is 2.66. The van der Waals surface area contributed by atoms with E-state index < -0.39 is 5.97 Å². The Morgan fingerprint density at radius 3 is 3.00 bits per heavy atom. The molecule has 1 aromatic carbocycles. The molecule has 1 atom stereocenters. The first kappa shape index (κ1) is 13.1. The second-order valence-corrected chi connectivity index (χ2v) is 5.85. The van der Waals surface area contributed by atoms with Gasteiger partial charge in [-0.25, -0.2) is 4.79 Å². The van der Waals surface area contributed by atoms with E-state index in [4.69, 9.17) is 10.8 Å². The first-order valence-corrected chi connectivity index (χ1v) is 7.20. The summed E-state index contributed by atoms with van der Waals surface area (Å²) in [5.41, 5.74) is 7.14. The standard InChI is InChI=1S/C13H18N2O2S/c14-11-6-3-5-10(13(16)17)12(11)15-8-9-4-1-2-7-18-9/h3,5-6,9,15H,1-2,4,7-8,14H2,(H,16,17). The number of carbonyl (C=O) groups is 1. The van der Waals surface area contributed by atoms with E-state index in [-0.39, 0.29) is 5.56 Å². The maximum absolute atomic E-state index is 11.1. The zero-order valence-corrected chi connectivity index (χ0v) is 11.0. The summed E-state index contributed by atoms with van der Waals surface area (Å²) in [5, 5.41) is 12.9. The Labute approximate surface area is 111 Å². The van der Waals surface area contributed by atoms with E-state index in [1.165, 1.54) is 25.0 Å². The van der Waals surface area contributed by atoms with E-state index in [0.717, 1.165) is 6.54 Å². The zero-order chi connectivity index (χ0) is 13.0. The molecule has 0 aromatic heterocycles. The molecule has 1 aromatic rings. The lowest BCUT2D eigenvalue weighted by molar-refractivity contribution is 0.0698. The Hall–Kier alpha value is -1.36. The molecule has 0 bridgehead atoms. The molecule has 1 aliphatic rings. The summed E-state index contributed by atoms with van der Waals surface area (Å²) in [6, 6.07) is 4.97. The molecule has 1 heterocycles. The highest BCUT2D eigenvalue weighted by atomic mass is 32.2. The lowest BCUT2D eigenvalue weighted by atomic mass is 10.1. The topological polar surface area (TPSA) is 75.4 Å². The van der Waals surface area contributed by atoms with Gasteiger partial charge in [0.2, 0.25) is 0 Å². The normalized spacial score (nSPS) is 19.4. The number of carboxylic acids is 1. The lowest BCUT2D eigenvalue weighted by Gasteiger charge is -2.22. The van der Waals surface area contributed by atoms with E-state index in [9.17, 15) is 4.79 Å². The van der Waals surface area contributed by atoms with Crippen LogP contribution in [-0.2, 0) is 0 Å². The quantitative estimate of drug-likeness (QED) is 0.730. The first-order valence-electron chi connectivity index (χ1n) is 6.15. The summed E-state index contributed by atoms with van der Waals surface area (Å²) in [7, 11) is 0. The summed E-state index contributed by atoms with van der Waals surface area (Å²) in [5.74, 6) is 0.253. The maximum atomic E-state index is 11.1. The summed E-state index contributed by atoms with van der Waals surface area (Å²) >= 11 is 1.95. The van der Waals surface area contributed by atoms with Crippen LogP contribution < -0.4 is 11.1 Å². The number of hydrogen-bond acceptors (Lipinski definition) is 4. The number of thioether (sulfide) groups is 1. The molecular weight excluding hydrogens is 248 g/mol. The van der Waals surface area contributed by atoms with Crippen molar-refractivity contribution in [3.05, 3.63) is 23.8 Å².